The summed E-state index contributed by atoms with van der Waals surface area (Å²) < 4.78 is 41.0. The maximum absolute atomic E-state index is 12.0. The molecular weight excluding hydrogens is 219 g/mol. The number of hydrogen-bond acceptors (Lipinski definition) is 2. The Morgan fingerprint density at radius 3 is 2.36 bits per heavy atom. The zero-order chi connectivity index (χ0) is 11.0. The standard InChI is InChI=1S/C8H15ClF3NO/c1-2-14-6-5-13(4-3-9)7-8(10,11)12/h2-7H2,1H3. The first kappa shape index (κ1) is 14.0. The Kier molecular flexibility index (Phi) is 7.31. The van der Waals surface area contributed by atoms with Gasteiger partial charge in [0.2, 0.25) is 0 Å². The molecule has 0 aliphatic carbocycles. The highest BCUT2D eigenvalue weighted by Crippen LogP contribution is 2.16. The molecule has 86 valence electrons. The summed E-state index contributed by atoms with van der Waals surface area (Å²) in [5.74, 6) is 0.197. The van der Waals surface area contributed by atoms with Crippen molar-refractivity contribution in [2.75, 3.05) is 38.7 Å². The Morgan fingerprint density at radius 2 is 1.93 bits per heavy atom. The molecular formula is C8H15ClF3NO. The zero-order valence-electron chi connectivity index (χ0n) is 8.11. The SMILES string of the molecule is CCOCCN(CCCl)CC(F)(F)F. The van der Waals surface area contributed by atoms with Gasteiger partial charge in [-0.1, -0.05) is 0 Å². The van der Waals surface area contributed by atoms with E-state index in [1.54, 1.807) is 6.92 Å². The topological polar surface area (TPSA) is 12.5 Å². The van der Waals surface area contributed by atoms with Crippen molar-refractivity contribution in [3.63, 3.8) is 0 Å². The zero-order valence-corrected chi connectivity index (χ0v) is 8.87. The van der Waals surface area contributed by atoms with Crippen molar-refractivity contribution in [2.45, 2.75) is 13.1 Å². The largest absolute Gasteiger partial charge is 0.401 e. The molecule has 0 aliphatic heterocycles. The fourth-order valence-electron chi connectivity index (χ4n) is 0.981. The Balaban J connectivity index is 3.77. The highest BCUT2D eigenvalue weighted by Gasteiger charge is 2.30. The van der Waals surface area contributed by atoms with Crippen LogP contribution in [0.1, 0.15) is 6.92 Å². The van der Waals surface area contributed by atoms with Crippen molar-refractivity contribution in [1.29, 1.82) is 0 Å². The Labute approximate surface area is 87.0 Å². The van der Waals surface area contributed by atoms with Crippen LogP contribution in [0.15, 0.2) is 0 Å². The van der Waals surface area contributed by atoms with Gasteiger partial charge in [-0.25, -0.2) is 0 Å². The van der Waals surface area contributed by atoms with Gasteiger partial charge in [0.15, 0.2) is 0 Å². The monoisotopic (exact) mass is 233 g/mol. The van der Waals surface area contributed by atoms with Gasteiger partial charge >= 0.3 is 6.18 Å². The molecule has 0 N–H and O–H groups in total. The van der Waals surface area contributed by atoms with Crippen LogP contribution in [0.25, 0.3) is 0 Å². The average molecular weight is 234 g/mol. The molecule has 0 aliphatic rings. The van der Waals surface area contributed by atoms with E-state index in [9.17, 15) is 13.2 Å². The van der Waals surface area contributed by atoms with E-state index >= 15 is 0 Å². The Hall–Kier alpha value is -0.0000000000000000555. The van der Waals surface area contributed by atoms with Crippen LogP contribution in [0.3, 0.4) is 0 Å². The summed E-state index contributed by atoms with van der Waals surface area (Å²) in [7, 11) is 0. The van der Waals surface area contributed by atoms with Gasteiger partial charge in [0.1, 0.15) is 0 Å². The molecule has 2 nitrogen and oxygen atoms in total. The molecule has 6 heteroatoms. The van der Waals surface area contributed by atoms with Crippen LogP contribution in [0.5, 0.6) is 0 Å². The summed E-state index contributed by atoms with van der Waals surface area (Å²) in [4.78, 5) is 1.24. The summed E-state index contributed by atoms with van der Waals surface area (Å²) in [6.45, 7) is 2.20. The quantitative estimate of drug-likeness (QED) is 0.493. The number of alkyl halides is 4. The molecule has 0 heterocycles. The second-order valence-electron chi connectivity index (χ2n) is 2.78. The fraction of sp³-hybridized carbons (Fsp3) is 1.00. The Morgan fingerprint density at radius 1 is 1.29 bits per heavy atom. The van der Waals surface area contributed by atoms with E-state index < -0.39 is 12.7 Å². The first-order valence-corrected chi connectivity index (χ1v) is 4.96. The molecule has 0 aromatic rings. The van der Waals surface area contributed by atoms with Crippen molar-refractivity contribution < 1.29 is 17.9 Å². The second kappa shape index (κ2) is 7.31. The molecule has 0 rings (SSSR count). The molecule has 0 radical (unpaired) electrons. The molecule has 0 bridgehead atoms. The van der Waals surface area contributed by atoms with E-state index in [1.807, 2.05) is 0 Å². The normalized spacial score (nSPS) is 12.4. The van der Waals surface area contributed by atoms with E-state index in [1.165, 1.54) is 4.90 Å². The average Bonchev–Trinajstić information content (AvgIpc) is 2.02. The summed E-state index contributed by atoms with van der Waals surface area (Å²) >= 11 is 5.39. The van der Waals surface area contributed by atoms with Crippen LogP contribution >= 0.6 is 11.6 Å². The molecule has 0 atom stereocenters. The molecule has 0 fully saturated rings. The van der Waals surface area contributed by atoms with Gasteiger partial charge in [0, 0.05) is 25.6 Å². The molecule has 0 aromatic carbocycles. The number of hydrogen-bond donors (Lipinski definition) is 0. The third kappa shape index (κ3) is 8.59. The van der Waals surface area contributed by atoms with Crippen LogP contribution in [-0.4, -0.2) is 49.8 Å². The predicted molar refractivity (Wildman–Crippen MR) is 49.7 cm³/mol. The maximum Gasteiger partial charge on any atom is 0.401 e. The predicted octanol–water partition coefficient (Wildman–Crippen LogP) is 2.13. The van der Waals surface area contributed by atoms with E-state index in [4.69, 9.17) is 16.3 Å². The van der Waals surface area contributed by atoms with Crippen molar-refractivity contribution in [3.05, 3.63) is 0 Å². The maximum atomic E-state index is 12.0. The molecule has 0 spiro atoms. The van der Waals surface area contributed by atoms with E-state index in [-0.39, 0.29) is 19.0 Å². The second-order valence-corrected chi connectivity index (χ2v) is 3.16. The third-order valence-electron chi connectivity index (χ3n) is 1.56. The van der Waals surface area contributed by atoms with E-state index in [0.29, 0.717) is 13.2 Å². The first-order valence-electron chi connectivity index (χ1n) is 4.42. The van der Waals surface area contributed by atoms with Crippen LogP contribution in [-0.2, 0) is 4.74 Å². The smallest absolute Gasteiger partial charge is 0.380 e. The minimum Gasteiger partial charge on any atom is -0.380 e. The molecule has 0 unspecified atom stereocenters. The minimum absolute atomic E-state index is 0.197. The van der Waals surface area contributed by atoms with Crippen molar-refractivity contribution in [3.8, 4) is 0 Å². The van der Waals surface area contributed by atoms with Gasteiger partial charge in [-0.3, -0.25) is 4.90 Å². The number of ether oxygens (including phenoxy) is 1. The lowest BCUT2D eigenvalue weighted by Crippen LogP contribution is -2.37. The lowest BCUT2D eigenvalue weighted by Gasteiger charge is -2.22. The number of rotatable bonds is 7. The molecule has 0 saturated carbocycles. The Bertz CT molecular complexity index is 143. The minimum atomic E-state index is -4.17. The van der Waals surface area contributed by atoms with Gasteiger partial charge in [0.25, 0.3) is 0 Å². The molecule has 0 amide bonds. The van der Waals surface area contributed by atoms with Crippen LogP contribution in [0, 0.1) is 0 Å². The summed E-state index contributed by atoms with van der Waals surface area (Å²) in [5, 5.41) is 0. The summed E-state index contributed by atoms with van der Waals surface area (Å²) in [5.41, 5.74) is 0. The summed E-state index contributed by atoms with van der Waals surface area (Å²) in [6, 6.07) is 0. The summed E-state index contributed by atoms with van der Waals surface area (Å²) in [6.07, 6.45) is -4.17. The van der Waals surface area contributed by atoms with Crippen LogP contribution in [0.4, 0.5) is 13.2 Å². The van der Waals surface area contributed by atoms with Gasteiger partial charge in [0.05, 0.1) is 13.2 Å². The fourth-order valence-corrected chi connectivity index (χ4v) is 1.22. The van der Waals surface area contributed by atoms with Gasteiger partial charge < -0.3 is 4.74 Å². The third-order valence-corrected chi connectivity index (χ3v) is 1.73. The molecule has 0 aromatic heterocycles. The van der Waals surface area contributed by atoms with E-state index in [2.05, 4.69) is 0 Å². The van der Waals surface area contributed by atoms with Crippen molar-refractivity contribution in [2.24, 2.45) is 0 Å². The van der Waals surface area contributed by atoms with Crippen molar-refractivity contribution in [1.82, 2.24) is 4.90 Å². The van der Waals surface area contributed by atoms with Gasteiger partial charge in [-0.15, -0.1) is 11.6 Å². The molecule has 14 heavy (non-hydrogen) atoms. The first-order chi connectivity index (χ1) is 6.49. The molecule has 0 saturated heterocycles. The number of halogens is 4. The highest BCUT2D eigenvalue weighted by molar-refractivity contribution is 6.18. The number of nitrogens with zero attached hydrogens (tertiary/aromatic N) is 1. The van der Waals surface area contributed by atoms with E-state index in [0.717, 1.165) is 0 Å². The van der Waals surface area contributed by atoms with Crippen LogP contribution in [0.2, 0.25) is 0 Å². The van der Waals surface area contributed by atoms with Gasteiger partial charge in [-0.2, -0.15) is 13.2 Å². The highest BCUT2D eigenvalue weighted by atomic mass is 35.5. The lowest BCUT2D eigenvalue weighted by molar-refractivity contribution is -0.146. The van der Waals surface area contributed by atoms with Crippen molar-refractivity contribution >= 4 is 11.6 Å². The lowest BCUT2D eigenvalue weighted by atomic mass is 10.4. The van der Waals surface area contributed by atoms with Crippen LogP contribution < -0.4 is 0 Å². The van der Waals surface area contributed by atoms with Gasteiger partial charge in [-0.05, 0) is 6.92 Å².